The maximum absolute atomic E-state index is 11.6. The average Bonchev–Trinajstić information content (AvgIpc) is 2.54. The third-order valence-corrected chi connectivity index (χ3v) is 3.39. The third kappa shape index (κ3) is 6.28. The SMILES string of the molecule is CCNC(=O)[C@@H](C)NC(=O)COC(=O)COc1cccc(C)c1C. The molecule has 7 nitrogen and oxygen atoms in total. The van der Waals surface area contributed by atoms with Gasteiger partial charge in [0.15, 0.2) is 13.2 Å². The van der Waals surface area contributed by atoms with E-state index in [0.29, 0.717) is 12.3 Å². The number of carbonyl (C=O) groups is 3. The number of carbonyl (C=O) groups excluding carboxylic acids is 3. The molecule has 2 N–H and O–H groups in total. The monoisotopic (exact) mass is 336 g/mol. The van der Waals surface area contributed by atoms with E-state index in [1.807, 2.05) is 26.0 Å². The van der Waals surface area contributed by atoms with Gasteiger partial charge in [-0.1, -0.05) is 12.1 Å². The summed E-state index contributed by atoms with van der Waals surface area (Å²) >= 11 is 0. The first-order valence-electron chi connectivity index (χ1n) is 7.76. The van der Waals surface area contributed by atoms with Crippen LogP contribution < -0.4 is 15.4 Å². The Bertz CT molecular complexity index is 601. The Hall–Kier alpha value is -2.57. The maximum atomic E-state index is 11.6. The lowest BCUT2D eigenvalue weighted by molar-refractivity contribution is -0.150. The van der Waals surface area contributed by atoms with Gasteiger partial charge in [-0.2, -0.15) is 0 Å². The second-order valence-electron chi connectivity index (χ2n) is 5.33. The second kappa shape index (κ2) is 9.54. The van der Waals surface area contributed by atoms with Crippen LogP contribution in [0.25, 0.3) is 0 Å². The van der Waals surface area contributed by atoms with E-state index in [1.54, 1.807) is 19.9 Å². The van der Waals surface area contributed by atoms with Crippen LogP contribution in [0.5, 0.6) is 5.75 Å². The van der Waals surface area contributed by atoms with Crippen LogP contribution in [0.4, 0.5) is 0 Å². The number of benzene rings is 1. The van der Waals surface area contributed by atoms with Gasteiger partial charge in [0.1, 0.15) is 11.8 Å². The molecule has 1 rings (SSSR count). The van der Waals surface area contributed by atoms with Gasteiger partial charge in [0.05, 0.1) is 0 Å². The number of ether oxygens (including phenoxy) is 2. The van der Waals surface area contributed by atoms with Crippen LogP contribution in [0.1, 0.15) is 25.0 Å². The molecular formula is C17H24N2O5. The number of esters is 1. The molecule has 0 radical (unpaired) electrons. The Kier molecular flexibility index (Phi) is 7.74. The Morgan fingerprint density at radius 2 is 1.88 bits per heavy atom. The van der Waals surface area contributed by atoms with Crippen molar-refractivity contribution >= 4 is 17.8 Å². The lowest BCUT2D eigenvalue weighted by atomic mass is 10.1. The van der Waals surface area contributed by atoms with Gasteiger partial charge in [-0.25, -0.2) is 4.79 Å². The summed E-state index contributed by atoms with van der Waals surface area (Å²) in [6.07, 6.45) is 0. The van der Waals surface area contributed by atoms with Crippen molar-refractivity contribution in [1.29, 1.82) is 0 Å². The summed E-state index contributed by atoms with van der Waals surface area (Å²) in [5.74, 6) is -0.901. The summed E-state index contributed by atoms with van der Waals surface area (Å²) in [6.45, 7) is 6.90. The van der Waals surface area contributed by atoms with Crippen molar-refractivity contribution in [3.8, 4) is 5.75 Å². The molecule has 0 aliphatic rings. The van der Waals surface area contributed by atoms with Crippen molar-refractivity contribution in [1.82, 2.24) is 10.6 Å². The van der Waals surface area contributed by atoms with E-state index in [4.69, 9.17) is 9.47 Å². The molecule has 0 aliphatic carbocycles. The molecule has 1 aromatic rings. The summed E-state index contributed by atoms with van der Waals surface area (Å²) < 4.78 is 10.2. The van der Waals surface area contributed by atoms with E-state index in [2.05, 4.69) is 10.6 Å². The normalized spacial score (nSPS) is 11.3. The number of hydrogen-bond donors (Lipinski definition) is 2. The van der Waals surface area contributed by atoms with Gasteiger partial charge < -0.3 is 20.1 Å². The zero-order valence-electron chi connectivity index (χ0n) is 14.5. The summed E-state index contributed by atoms with van der Waals surface area (Å²) in [4.78, 5) is 34.7. The molecule has 0 saturated carbocycles. The highest BCUT2D eigenvalue weighted by Gasteiger charge is 2.16. The van der Waals surface area contributed by atoms with Gasteiger partial charge >= 0.3 is 5.97 Å². The maximum Gasteiger partial charge on any atom is 0.344 e. The Morgan fingerprint density at radius 1 is 1.17 bits per heavy atom. The summed E-state index contributed by atoms with van der Waals surface area (Å²) in [6, 6.07) is 4.85. The van der Waals surface area contributed by atoms with Crippen LogP contribution in [-0.4, -0.2) is 43.6 Å². The van der Waals surface area contributed by atoms with Gasteiger partial charge in [-0.05, 0) is 44.9 Å². The van der Waals surface area contributed by atoms with E-state index in [0.717, 1.165) is 11.1 Å². The zero-order valence-corrected chi connectivity index (χ0v) is 14.5. The predicted octanol–water partition coefficient (Wildman–Crippen LogP) is 0.866. The minimum atomic E-state index is -0.692. The van der Waals surface area contributed by atoms with Crippen molar-refractivity contribution in [2.45, 2.75) is 33.7 Å². The number of hydrogen-bond acceptors (Lipinski definition) is 5. The average molecular weight is 336 g/mol. The summed E-state index contributed by atoms with van der Waals surface area (Å²) in [5.41, 5.74) is 2.00. The van der Waals surface area contributed by atoms with Crippen LogP contribution in [0.3, 0.4) is 0 Å². The molecule has 0 aliphatic heterocycles. The quantitative estimate of drug-likeness (QED) is 0.687. The summed E-state index contributed by atoms with van der Waals surface area (Å²) in [7, 11) is 0. The molecule has 0 bridgehead atoms. The number of likely N-dealkylation sites (N-methyl/N-ethyl adjacent to an activating group) is 1. The highest BCUT2D eigenvalue weighted by molar-refractivity contribution is 5.88. The van der Waals surface area contributed by atoms with E-state index in [-0.39, 0.29) is 12.5 Å². The lowest BCUT2D eigenvalue weighted by Gasteiger charge is -2.13. The van der Waals surface area contributed by atoms with E-state index < -0.39 is 24.5 Å². The molecule has 0 saturated heterocycles. The molecule has 0 aromatic heterocycles. The predicted molar refractivity (Wildman–Crippen MR) is 88.7 cm³/mol. The molecule has 0 unspecified atom stereocenters. The first kappa shape index (κ1) is 19.5. The second-order valence-corrected chi connectivity index (χ2v) is 5.33. The molecular weight excluding hydrogens is 312 g/mol. The highest BCUT2D eigenvalue weighted by atomic mass is 16.6. The molecule has 132 valence electrons. The highest BCUT2D eigenvalue weighted by Crippen LogP contribution is 2.20. The molecule has 0 fully saturated rings. The van der Waals surface area contributed by atoms with Crippen molar-refractivity contribution in [3.05, 3.63) is 29.3 Å². The topological polar surface area (TPSA) is 93.7 Å². The van der Waals surface area contributed by atoms with Crippen LogP contribution in [-0.2, 0) is 19.1 Å². The minimum Gasteiger partial charge on any atom is -0.482 e. The van der Waals surface area contributed by atoms with Gasteiger partial charge in [0.25, 0.3) is 5.91 Å². The van der Waals surface area contributed by atoms with Gasteiger partial charge in [0, 0.05) is 6.54 Å². The van der Waals surface area contributed by atoms with Gasteiger partial charge in [0.2, 0.25) is 5.91 Å². The van der Waals surface area contributed by atoms with Crippen LogP contribution >= 0.6 is 0 Å². The lowest BCUT2D eigenvalue weighted by Crippen LogP contribution is -2.46. The Balaban J connectivity index is 2.34. The number of nitrogens with one attached hydrogen (secondary N) is 2. The van der Waals surface area contributed by atoms with Crippen molar-refractivity contribution in [2.24, 2.45) is 0 Å². The molecule has 7 heteroatoms. The van der Waals surface area contributed by atoms with E-state index in [1.165, 1.54) is 0 Å². The van der Waals surface area contributed by atoms with Crippen molar-refractivity contribution < 1.29 is 23.9 Å². The number of amides is 2. The molecule has 1 aromatic carbocycles. The van der Waals surface area contributed by atoms with Crippen LogP contribution in [0, 0.1) is 13.8 Å². The first-order chi connectivity index (χ1) is 11.3. The molecule has 1 atom stereocenters. The minimum absolute atomic E-state index is 0.288. The molecule has 2 amide bonds. The smallest absolute Gasteiger partial charge is 0.344 e. The fraction of sp³-hybridized carbons (Fsp3) is 0.471. The first-order valence-corrected chi connectivity index (χ1v) is 7.76. The Labute approximate surface area is 141 Å². The molecule has 0 spiro atoms. The molecule has 24 heavy (non-hydrogen) atoms. The zero-order chi connectivity index (χ0) is 18.1. The third-order valence-electron chi connectivity index (χ3n) is 3.39. The van der Waals surface area contributed by atoms with Crippen LogP contribution in [0.15, 0.2) is 18.2 Å². The Morgan fingerprint density at radius 3 is 2.54 bits per heavy atom. The largest absolute Gasteiger partial charge is 0.482 e. The standard InChI is InChI=1S/C17H24N2O5/c1-5-18-17(22)13(4)19-15(20)9-24-16(21)10-23-14-8-6-7-11(2)12(14)3/h6-8,13H,5,9-10H2,1-4H3,(H,18,22)(H,19,20)/t13-/m1/s1. The number of rotatable bonds is 8. The number of aryl methyl sites for hydroxylation is 1. The summed E-state index contributed by atoms with van der Waals surface area (Å²) in [5, 5.41) is 5.02. The van der Waals surface area contributed by atoms with Gasteiger partial charge in [-0.3, -0.25) is 9.59 Å². The fourth-order valence-corrected chi connectivity index (χ4v) is 1.88. The van der Waals surface area contributed by atoms with Crippen molar-refractivity contribution in [3.63, 3.8) is 0 Å². The van der Waals surface area contributed by atoms with E-state index in [9.17, 15) is 14.4 Å². The van der Waals surface area contributed by atoms with E-state index >= 15 is 0 Å². The fourth-order valence-electron chi connectivity index (χ4n) is 1.88. The van der Waals surface area contributed by atoms with Gasteiger partial charge in [-0.15, -0.1) is 0 Å². The van der Waals surface area contributed by atoms with Crippen molar-refractivity contribution in [2.75, 3.05) is 19.8 Å². The van der Waals surface area contributed by atoms with Crippen LogP contribution in [0.2, 0.25) is 0 Å². The molecule has 0 heterocycles.